The zero-order valence-electron chi connectivity index (χ0n) is 9.54. The third kappa shape index (κ3) is 3.76. The average molecular weight is 320 g/mol. The van der Waals surface area contributed by atoms with Crippen molar-refractivity contribution in [3.8, 4) is 0 Å². The molecule has 1 heterocycles. The summed E-state index contributed by atoms with van der Waals surface area (Å²) in [6.45, 7) is 3.28. The predicted molar refractivity (Wildman–Crippen MR) is 78.4 cm³/mol. The smallest absolute Gasteiger partial charge is 0.0701 e. The second kappa shape index (κ2) is 6.43. The Balaban J connectivity index is 1.71. The van der Waals surface area contributed by atoms with Gasteiger partial charge >= 0.3 is 0 Å². The van der Waals surface area contributed by atoms with E-state index in [2.05, 4.69) is 51.4 Å². The monoisotopic (exact) mass is 319 g/mol. The molecule has 1 saturated carbocycles. The summed E-state index contributed by atoms with van der Waals surface area (Å²) in [6, 6.07) is 2.95. The molecule has 1 aliphatic carbocycles. The van der Waals surface area contributed by atoms with Gasteiger partial charge in [0.2, 0.25) is 0 Å². The number of hydrogen-bond acceptors (Lipinski definition) is 3. The lowest BCUT2D eigenvalue weighted by Crippen LogP contribution is -2.25. The second-order valence-corrected chi connectivity index (χ2v) is 8.10. The molecule has 0 aromatic carbocycles. The Bertz CT molecular complexity index is 327. The van der Waals surface area contributed by atoms with Crippen LogP contribution in [0.4, 0.5) is 0 Å². The molecule has 1 aliphatic rings. The molecule has 1 aromatic rings. The minimum atomic E-state index is 0.739. The Hall–Kier alpha value is 0.490. The molecule has 2 atom stereocenters. The second-order valence-electron chi connectivity index (χ2n) is 4.23. The molecule has 0 saturated heterocycles. The Kier molecular flexibility index (Phi) is 5.20. The van der Waals surface area contributed by atoms with Crippen LogP contribution in [-0.2, 0) is 6.54 Å². The van der Waals surface area contributed by atoms with Crippen LogP contribution in [0, 0.1) is 0 Å². The summed E-state index contributed by atoms with van der Waals surface area (Å²) in [6.07, 6.45) is 4.09. The van der Waals surface area contributed by atoms with Crippen molar-refractivity contribution >= 4 is 39.0 Å². The van der Waals surface area contributed by atoms with Crippen LogP contribution in [0.5, 0.6) is 0 Å². The molecule has 0 aliphatic heterocycles. The number of halogens is 1. The Morgan fingerprint density at radius 2 is 2.44 bits per heavy atom. The molecule has 16 heavy (non-hydrogen) atoms. The molecule has 2 rings (SSSR count). The largest absolute Gasteiger partial charge is 0.310 e. The molecule has 4 heteroatoms. The molecule has 0 spiro atoms. The van der Waals surface area contributed by atoms with E-state index in [-0.39, 0.29) is 0 Å². The molecule has 0 bridgehead atoms. The van der Waals surface area contributed by atoms with Crippen molar-refractivity contribution in [2.24, 2.45) is 0 Å². The topological polar surface area (TPSA) is 12.0 Å². The van der Waals surface area contributed by atoms with Gasteiger partial charge in [-0.1, -0.05) is 6.92 Å². The van der Waals surface area contributed by atoms with E-state index in [0.29, 0.717) is 0 Å². The predicted octanol–water partition coefficient (Wildman–Crippen LogP) is 4.27. The highest BCUT2D eigenvalue weighted by molar-refractivity contribution is 9.11. The number of thioether (sulfide) groups is 1. The van der Waals surface area contributed by atoms with Crippen LogP contribution in [0.15, 0.2) is 15.2 Å². The molecule has 90 valence electrons. The summed E-state index contributed by atoms with van der Waals surface area (Å²) in [5, 5.41) is 6.80. The van der Waals surface area contributed by atoms with E-state index in [1.54, 1.807) is 11.3 Å². The summed E-state index contributed by atoms with van der Waals surface area (Å²) >= 11 is 7.39. The van der Waals surface area contributed by atoms with Crippen LogP contribution in [0.1, 0.15) is 31.7 Å². The maximum absolute atomic E-state index is 3.67. The molecule has 2 unspecified atom stereocenters. The molecule has 0 radical (unpaired) electrons. The van der Waals surface area contributed by atoms with Gasteiger partial charge in [0.25, 0.3) is 0 Å². The van der Waals surface area contributed by atoms with E-state index in [1.807, 2.05) is 0 Å². The fourth-order valence-electron chi connectivity index (χ4n) is 2.21. The van der Waals surface area contributed by atoms with Gasteiger partial charge in [0, 0.05) is 17.8 Å². The van der Waals surface area contributed by atoms with E-state index < -0.39 is 0 Å². The van der Waals surface area contributed by atoms with E-state index in [9.17, 15) is 0 Å². The van der Waals surface area contributed by atoms with Gasteiger partial charge in [0.05, 0.1) is 3.79 Å². The van der Waals surface area contributed by atoms with Crippen molar-refractivity contribution in [1.29, 1.82) is 0 Å². The van der Waals surface area contributed by atoms with Crippen LogP contribution in [0.25, 0.3) is 0 Å². The van der Waals surface area contributed by atoms with Gasteiger partial charge < -0.3 is 5.32 Å². The summed E-state index contributed by atoms with van der Waals surface area (Å²) < 4.78 is 1.23. The van der Waals surface area contributed by atoms with Crippen molar-refractivity contribution in [3.63, 3.8) is 0 Å². The summed E-state index contributed by atoms with van der Waals surface area (Å²) in [4.78, 5) is 0. The van der Waals surface area contributed by atoms with Gasteiger partial charge in [-0.2, -0.15) is 11.8 Å². The lowest BCUT2D eigenvalue weighted by molar-refractivity contribution is 0.525. The first kappa shape index (κ1) is 12.9. The van der Waals surface area contributed by atoms with Crippen molar-refractivity contribution in [1.82, 2.24) is 5.32 Å². The van der Waals surface area contributed by atoms with Gasteiger partial charge in [-0.25, -0.2) is 0 Å². The number of hydrogen-bond donors (Lipinski definition) is 1. The van der Waals surface area contributed by atoms with Gasteiger partial charge in [-0.05, 0) is 58.0 Å². The van der Waals surface area contributed by atoms with Crippen molar-refractivity contribution in [2.45, 2.75) is 44.0 Å². The maximum atomic E-state index is 3.67. The number of nitrogens with one attached hydrogen (secondary N) is 1. The highest BCUT2D eigenvalue weighted by Gasteiger charge is 2.23. The van der Waals surface area contributed by atoms with Gasteiger partial charge in [-0.3, -0.25) is 0 Å². The fraction of sp³-hybridized carbons (Fsp3) is 0.667. The van der Waals surface area contributed by atoms with Crippen LogP contribution in [-0.4, -0.2) is 17.0 Å². The molecule has 1 aromatic heterocycles. The highest BCUT2D eigenvalue weighted by atomic mass is 79.9. The molecule has 1 nitrogen and oxygen atoms in total. The number of rotatable bonds is 5. The quantitative estimate of drug-likeness (QED) is 0.869. The molecular formula is C12H18BrNS2. The van der Waals surface area contributed by atoms with Crippen LogP contribution >= 0.6 is 39.0 Å². The van der Waals surface area contributed by atoms with Crippen LogP contribution in [0.2, 0.25) is 0 Å². The number of thiophene rings is 1. The first-order chi connectivity index (χ1) is 7.78. The van der Waals surface area contributed by atoms with Crippen LogP contribution < -0.4 is 5.32 Å². The van der Waals surface area contributed by atoms with Gasteiger partial charge in [0.15, 0.2) is 0 Å². The maximum Gasteiger partial charge on any atom is 0.0701 e. The minimum Gasteiger partial charge on any atom is -0.310 e. The lowest BCUT2D eigenvalue weighted by atomic mass is 10.2. The zero-order chi connectivity index (χ0) is 11.4. The summed E-state index contributed by atoms with van der Waals surface area (Å²) in [5.74, 6) is 1.26. The Morgan fingerprint density at radius 3 is 3.12 bits per heavy atom. The minimum absolute atomic E-state index is 0.739. The zero-order valence-corrected chi connectivity index (χ0v) is 12.8. The molecular weight excluding hydrogens is 302 g/mol. The standard InChI is InChI=1S/C12H18BrNS2/c1-2-15-11-4-3-10(6-11)14-7-9-5-12(13)16-8-9/h5,8,10-11,14H,2-4,6-7H2,1H3. The Labute approximate surface area is 115 Å². The highest BCUT2D eigenvalue weighted by Crippen LogP contribution is 2.30. The third-order valence-corrected chi connectivity index (χ3v) is 5.79. The molecule has 1 fully saturated rings. The van der Waals surface area contributed by atoms with Crippen molar-refractivity contribution in [2.75, 3.05) is 5.75 Å². The van der Waals surface area contributed by atoms with Gasteiger partial charge in [-0.15, -0.1) is 11.3 Å². The Morgan fingerprint density at radius 1 is 1.56 bits per heavy atom. The summed E-state index contributed by atoms with van der Waals surface area (Å²) in [7, 11) is 0. The third-order valence-electron chi connectivity index (χ3n) is 3.00. The first-order valence-corrected chi connectivity index (χ1v) is 8.58. The van der Waals surface area contributed by atoms with E-state index in [0.717, 1.165) is 17.8 Å². The van der Waals surface area contributed by atoms with Crippen molar-refractivity contribution in [3.05, 3.63) is 20.8 Å². The summed E-state index contributed by atoms with van der Waals surface area (Å²) in [5.41, 5.74) is 1.41. The lowest BCUT2D eigenvalue weighted by Gasteiger charge is -2.12. The average Bonchev–Trinajstić information content (AvgIpc) is 2.85. The van der Waals surface area contributed by atoms with E-state index in [4.69, 9.17) is 0 Å². The van der Waals surface area contributed by atoms with E-state index >= 15 is 0 Å². The van der Waals surface area contributed by atoms with Crippen molar-refractivity contribution < 1.29 is 0 Å². The van der Waals surface area contributed by atoms with E-state index in [1.165, 1.54) is 34.4 Å². The molecule has 1 N–H and O–H groups in total. The SMILES string of the molecule is CCSC1CCC(NCc2csc(Br)c2)C1. The van der Waals surface area contributed by atoms with Crippen LogP contribution in [0.3, 0.4) is 0 Å². The first-order valence-electron chi connectivity index (χ1n) is 5.86. The fourth-order valence-corrected chi connectivity index (χ4v) is 4.56. The molecule has 0 amide bonds. The normalized spacial score (nSPS) is 25.1. The van der Waals surface area contributed by atoms with Gasteiger partial charge in [0.1, 0.15) is 0 Å².